The molecule has 0 aromatic heterocycles. The van der Waals surface area contributed by atoms with Crippen LogP contribution in [0.3, 0.4) is 0 Å². The van der Waals surface area contributed by atoms with Gasteiger partial charge in [0, 0.05) is 15.7 Å². The van der Waals surface area contributed by atoms with E-state index in [0.29, 0.717) is 15.7 Å². The predicted octanol–water partition coefficient (Wildman–Crippen LogP) is 3.35. The van der Waals surface area contributed by atoms with Crippen molar-refractivity contribution in [3.8, 4) is 0 Å². The predicted molar refractivity (Wildman–Crippen MR) is 71.6 cm³/mol. The van der Waals surface area contributed by atoms with Gasteiger partial charge in [0.1, 0.15) is 5.82 Å². The van der Waals surface area contributed by atoms with E-state index in [1.165, 1.54) is 25.3 Å². The Bertz CT molecular complexity index is 445. The van der Waals surface area contributed by atoms with Crippen molar-refractivity contribution in [2.24, 2.45) is 10.9 Å². The fourth-order valence-corrected chi connectivity index (χ4v) is 3.42. The summed E-state index contributed by atoms with van der Waals surface area (Å²) in [5.74, 6) is -0.363. The van der Waals surface area contributed by atoms with Gasteiger partial charge in [0.15, 0.2) is 5.84 Å². The summed E-state index contributed by atoms with van der Waals surface area (Å²) >= 11 is 1.60. The molecular formula is C13H17FN2OS. The molecule has 1 fully saturated rings. The van der Waals surface area contributed by atoms with Gasteiger partial charge in [0.25, 0.3) is 0 Å². The van der Waals surface area contributed by atoms with Crippen LogP contribution < -0.4 is 5.73 Å². The molecule has 0 amide bonds. The van der Waals surface area contributed by atoms with Crippen molar-refractivity contribution < 1.29 is 9.60 Å². The van der Waals surface area contributed by atoms with Gasteiger partial charge < -0.3 is 10.9 Å². The summed E-state index contributed by atoms with van der Waals surface area (Å²) < 4.78 is 13.9. The fraction of sp³-hybridized carbons (Fsp3) is 0.462. The molecule has 1 aliphatic rings. The van der Waals surface area contributed by atoms with Crippen molar-refractivity contribution in [1.29, 1.82) is 0 Å². The van der Waals surface area contributed by atoms with E-state index in [-0.39, 0.29) is 11.7 Å². The highest BCUT2D eigenvalue weighted by atomic mass is 32.2. The van der Waals surface area contributed by atoms with E-state index >= 15 is 0 Å². The zero-order valence-corrected chi connectivity index (χ0v) is 10.9. The molecule has 1 aliphatic carbocycles. The standard InChI is InChI=1S/C13H17FN2OS/c14-11-8-9(13(15)16-17)6-7-12(11)18-10-4-2-1-3-5-10/h6-8,10,17H,1-5H2,(H2,15,16). The van der Waals surface area contributed by atoms with Crippen LogP contribution in [0, 0.1) is 5.82 Å². The van der Waals surface area contributed by atoms with Gasteiger partial charge >= 0.3 is 0 Å². The van der Waals surface area contributed by atoms with Gasteiger partial charge in [0.05, 0.1) is 0 Å². The van der Waals surface area contributed by atoms with Crippen LogP contribution in [0.25, 0.3) is 0 Å². The van der Waals surface area contributed by atoms with Gasteiger partial charge in [0.2, 0.25) is 0 Å². The average Bonchev–Trinajstić information content (AvgIpc) is 2.41. The zero-order chi connectivity index (χ0) is 13.0. The highest BCUT2D eigenvalue weighted by Crippen LogP contribution is 2.34. The van der Waals surface area contributed by atoms with Gasteiger partial charge in [-0.05, 0) is 31.0 Å². The third-order valence-corrected chi connectivity index (χ3v) is 4.57. The van der Waals surface area contributed by atoms with E-state index in [2.05, 4.69) is 5.16 Å². The number of nitrogens with two attached hydrogens (primary N) is 1. The molecule has 0 radical (unpaired) electrons. The van der Waals surface area contributed by atoms with Crippen molar-refractivity contribution in [2.45, 2.75) is 42.2 Å². The smallest absolute Gasteiger partial charge is 0.170 e. The second kappa shape index (κ2) is 6.09. The summed E-state index contributed by atoms with van der Waals surface area (Å²) in [6, 6.07) is 4.71. The molecule has 3 N–H and O–H groups in total. The molecule has 0 atom stereocenters. The zero-order valence-electron chi connectivity index (χ0n) is 10.1. The summed E-state index contributed by atoms with van der Waals surface area (Å²) in [5, 5.41) is 11.9. The monoisotopic (exact) mass is 268 g/mol. The topological polar surface area (TPSA) is 58.6 Å². The molecule has 18 heavy (non-hydrogen) atoms. The van der Waals surface area contributed by atoms with Crippen LogP contribution in [0.1, 0.15) is 37.7 Å². The minimum Gasteiger partial charge on any atom is -0.409 e. The van der Waals surface area contributed by atoms with Crippen molar-refractivity contribution in [1.82, 2.24) is 0 Å². The first-order valence-corrected chi connectivity index (χ1v) is 7.03. The second-order valence-electron chi connectivity index (χ2n) is 4.51. The molecule has 98 valence electrons. The molecule has 0 aliphatic heterocycles. The van der Waals surface area contributed by atoms with Crippen LogP contribution in [-0.4, -0.2) is 16.3 Å². The number of nitrogens with zero attached hydrogens (tertiary/aromatic N) is 1. The van der Waals surface area contributed by atoms with Crippen LogP contribution in [0.4, 0.5) is 4.39 Å². The van der Waals surface area contributed by atoms with E-state index in [9.17, 15) is 4.39 Å². The summed E-state index contributed by atoms with van der Waals surface area (Å²) in [4.78, 5) is 0.649. The minimum atomic E-state index is -0.297. The normalized spacial score (nSPS) is 17.9. The van der Waals surface area contributed by atoms with Crippen molar-refractivity contribution in [3.05, 3.63) is 29.6 Å². The third-order valence-electron chi connectivity index (χ3n) is 3.18. The maximum Gasteiger partial charge on any atom is 0.170 e. The Morgan fingerprint density at radius 2 is 2.06 bits per heavy atom. The van der Waals surface area contributed by atoms with Gasteiger partial charge in [-0.2, -0.15) is 0 Å². The Hall–Kier alpha value is -1.23. The van der Waals surface area contributed by atoms with E-state index in [4.69, 9.17) is 10.9 Å². The van der Waals surface area contributed by atoms with Crippen LogP contribution >= 0.6 is 11.8 Å². The maximum absolute atomic E-state index is 13.9. The maximum atomic E-state index is 13.9. The molecule has 2 rings (SSSR count). The number of oxime groups is 1. The van der Waals surface area contributed by atoms with Crippen molar-refractivity contribution >= 4 is 17.6 Å². The Balaban J connectivity index is 2.09. The van der Waals surface area contributed by atoms with Crippen LogP contribution in [0.5, 0.6) is 0 Å². The first-order valence-electron chi connectivity index (χ1n) is 6.15. The molecule has 3 nitrogen and oxygen atoms in total. The molecule has 1 aromatic carbocycles. The van der Waals surface area contributed by atoms with E-state index < -0.39 is 0 Å². The van der Waals surface area contributed by atoms with Gasteiger partial charge in [-0.15, -0.1) is 11.8 Å². The Labute approximate surface area is 110 Å². The molecule has 0 unspecified atom stereocenters. The number of hydrogen-bond donors (Lipinski definition) is 2. The lowest BCUT2D eigenvalue weighted by molar-refractivity contribution is 0.318. The average molecular weight is 268 g/mol. The first-order chi connectivity index (χ1) is 8.70. The summed E-state index contributed by atoms with van der Waals surface area (Å²) in [6.07, 6.45) is 6.09. The molecule has 1 saturated carbocycles. The quantitative estimate of drug-likeness (QED) is 0.382. The number of benzene rings is 1. The SMILES string of the molecule is N/C(=N\O)c1ccc(SC2CCCCC2)c(F)c1. The first kappa shape index (κ1) is 13.2. The lowest BCUT2D eigenvalue weighted by Crippen LogP contribution is -2.13. The number of thioether (sulfide) groups is 1. The molecule has 0 bridgehead atoms. The molecule has 5 heteroatoms. The number of amidine groups is 1. The molecular weight excluding hydrogens is 251 g/mol. The van der Waals surface area contributed by atoms with Crippen molar-refractivity contribution in [3.63, 3.8) is 0 Å². The van der Waals surface area contributed by atoms with Gasteiger partial charge in [-0.25, -0.2) is 4.39 Å². The lowest BCUT2D eigenvalue weighted by Gasteiger charge is -2.21. The number of rotatable bonds is 3. The molecule has 1 aromatic rings. The summed E-state index contributed by atoms with van der Waals surface area (Å²) in [7, 11) is 0. The Morgan fingerprint density at radius 1 is 1.33 bits per heavy atom. The van der Waals surface area contributed by atoms with Crippen LogP contribution in [-0.2, 0) is 0 Å². The van der Waals surface area contributed by atoms with Gasteiger partial charge in [-0.1, -0.05) is 24.4 Å². The van der Waals surface area contributed by atoms with E-state index in [1.807, 2.05) is 0 Å². The Morgan fingerprint density at radius 3 is 2.67 bits per heavy atom. The summed E-state index contributed by atoms with van der Waals surface area (Å²) in [5.41, 5.74) is 5.83. The number of halogens is 1. The molecule has 0 spiro atoms. The highest BCUT2D eigenvalue weighted by molar-refractivity contribution is 8.00. The fourth-order valence-electron chi connectivity index (χ4n) is 2.18. The summed E-state index contributed by atoms with van der Waals surface area (Å²) in [6.45, 7) is 0. The second-order valence-corrected chi connectivity index (χ2v) is 5.85. The third kappa shape index (κ3) is 3.16. The molecule has 0 saturated heterocycles. The van der Waals surface area contributed by atoms with E-state index in [0.717, 1.165) is 12.8 Å². The largest absolute Gasteiger partial charge is 0.409 e. The Kier molecular flexibility index (Phi) is 4.47. The van der Waals surface area contributed by atoms with E-state index in [1.54, 1.807) is 23.9 Å². The lowest BCUT2D eigenvalue weighted by atomic mass is 10.0. The number of hydrogen-bond acceptors (Lipinski definition) is 3. The van der Waals surface area contributed by atoms with Gasteiger partial charge in [-0.3, -0.25) is 0 Å². The van der Waals surface area contributed by atoms with Crippen LogP contribution in [0.2, 0.25) is 0 Å². The minimum absolute atomic E-state index is 0.0666. The van der Waals surface area contributed by atoms with Crippen molar-refractivity contribution in [2.75, 3.05) is 0 Å². The van der Waals surface area contributed by atoms with Crippen LogP contribution in [0.15, 0.2) is 28.3 Å². The molecule has 0 heterocycles. The highest BCUT2D eigenvalue weighted by Gasteiger charge is 2.16.